The molecule has 2 rings (SSSR count). The van der Waals surface area contributed by atoms with Gasteiger partial charge in [-0.15, -0.1) is 0 Å². The normalized spacial score (nSPS) is 11.3. The van der Waals surface area contributed by atoms with Gasteiger partial charge in [-0.1, -0.05) is 12.1 Å². The standard InChI is InChI=1S/C16H19FN4O2/c1-10-3-4-11(7-13(10)17)8-20-16(19-2)21-9-12-5-6-14(23-12)15(18)22/h3-7H,8-9H2,1-2H3,(H2,18,22)(H2,19,20,21). The van der Waals surface area contributed by atoms with Gasteiger partial charge in [0.2, 0.25) is 0 Å². The summed E-state index contributed by atoms with van der Waals surface area (Å²) in [6.45, 7) is 2.49. The van der Waals surface area contributed by atoms with Crippen LogP contribution in [0.4, 0.5) is 4.39 Å². The van der Waals surface area contributed by atoms with Crippen molar-refractivity contribution in [2.24, 2.45) is 10.7 Å². The van der Waals surface area contributed by atoms with Gasteiger partial charge in [0.25, 0.3) is 5.91 Å². The van der Waals surface area contributed by atoms with Crippen LogP contribution in [-0.2, 0) is 13.1 Å². The maximum absolute atomic E-state index is 13.5. The van der Waals surface area contributed by atoms with E-state index in [9.17, 15) is 9.18 Å². The van der Waals surface area contributed by atoms with Crippen LogP contribution in [0.15, 0.2) is 39.7 Å². The molecule has 1 aromatic heterocycles. The van der Waals surface area contributed by atoms with Gasteiger partial charge in [0.1, 0.15) is 11.6 Å². The van der Waals surface area contributed by atoms with Crippen LogP contribution < -0.4 is 16.4 Å². The monoisotopic (exact) mass is 318 g/mol. The quantitative estimate of drug-likeness (QED) is 0.578. The number of hydrogen-bond donors (Lipinski definition) is 3. The minimum absolute atomic E-state index is 0.111. The largest absolute Gasteiger partial charge is 0.454 e. The maximum Gasteiger partial charge on any atom is 0.284 e. The number of amides is 1. The summed E-state index contributed by atoms with van der Waals surface area (Å²) >= 11 is 0. The molecule has 4 N–H and O–H groups in total. The van der Waals surface area contributed by atoms with Crippen molar-refractivity contribution in [3.63, 3.8) is 0 Å². The van der Waals surface area contributed by atoms with Crippen molar-refractivity contribution >= 4 is 11.9 Å². The topological polar surface area (TPSA) is 92.6 Å². The zero-order valence-electron chi connectivity index (χ0n) is 13.0. The summed E-state index contributed by atoms with van der Waals surface area (Å²) in [6, 6.07) is 8.25. The van der Waals surface area contributed by atoms with Crippen LogP contribution in [-0.4, -0.2) is 18.9 Å². The molecule has 0 spiro atoms. The second-order valence-corrected chi connectivity index (χ2v) is 4.99. The lowest BCUT2D eigenvalue weighted by Crippen LogP contribution is -2.36. The molecule has 0 bridgehead atoms. The minimum Gasteiger partial charge on any atom is -0.454 e. The molecule has 2 aromatic rings. The molecule has 23 heavy (non-hydrogen) atoms. The van der Waals surface area contributed by atoms with E-state index in [2.05, 4.69) is 15.6 Å². The first-order valence-electron chi connectivity index (χ1n) is 7.07. The Kier molecular flexibility index (Phi) is 5.35. The van der Waals surface area contributed by atoms with E-state index in [1.807, 2.05) is 6.07 Å². The molecule has 0 aliphatic heterocycles. The van der Waals surface area contributed by atoms with E-state index in [4.69, 9.17) is 10.2 Å². The van der Waals surface area contributed by atoms with Gasteiger partial charge >= 0.3 is 0 Å². The number of rotatable bonds is 5. The fraction of sp³-hybridized carbons (Fsp3) is 0.250. The van der Waals surface area contributed by atoms with Gasteiger partial charge in [-0.3, -0.25) is 9.79 Å². The van der Waals surface area contributed by atoms with Crippen molar-refractivity contribution in [2.45, 2.75) is 20.0 Å². The zero-order valence-corrected chi connectivity index (χ0v) is 13.0. The number of nitrogens with one attached hydrogen (secondary N) is 2. The predicted octanol–water partition coefficient (Wildman–Crippen LogP) is 1.69. The molecular weight excluding hydrogens is 299 g/mol. The molecule has 0 aliphatic rings. The van der Waals surface area contributed by atoms with E-state index >= 15 is 0 Å². The molecule has 1 heterocycles. The van der Waals surface area contributed by atoms with Gasteiger partial charge in [-0.2, -0.15) is 0 Å². The average Bonchev–Trinajstić information content (AvgIpc) is 3.00. The molecule has 0 fully saturated rings. The Labute approximate surface area is 133 Å². The van der Waals surface area contributed by atoms with Crippen LogP contribution in [0.5, 0.6) is 0 Å². The highest BCUT2D eigenvalue weighted by Crippen LogP contribution is 2.09. The summed E-state index contributed by atoms with van der Waals surface area (Å²) in [6.07, 6.45) is 0. The fourth-order valence-corrected chi connectivity index (χ4v) is 1.93. The number of benzene rings is 1. The molecule has 1 aromatic carbocycles. The van der Waals surface area contributed by atoms with Crippen LogP contribution in [0.2, 0.25) is 0 Å². The third-order valence-electron chi connectivity index (χ3n) is 3.25. The molecule has 0 unspecified atom stereocenters. The van der Waals surface area contributed by atoms with Crippen LogP contribution in [0.1, 0.15) is 27.4 Å². The van der Waals surface area contributed by atoms with Crippen molar-refractivity contribution in [3.8, 4) is 0 Å². The lowest BCUT2D eigenvalue weighted by atomic mass is 10.1. The summed E-state index contributed by atoms with van der Waals surface area (Å²) in [7, 11) is 1.63. The van der Waals surface area contributed by atoms with Crippen molar-refractivity contribution in [1.82, 2.24) is 10.6 Å². The van der Waals surface area contributed by atoms with Gasteiger partial charge < -0.3 is 20.8 Å². The maximum atomic E-state index is 13.5. The Bertz CT molecular complexity index is 725. The summed E-state index contributed by atoms with van der Waals surface area (Å²) in [5.41, 5.74) is 6.55. The molecule has 0 radical (unpaired) electrons. The number of halogens is 1. The number of carbonyl (C=O) groups is 1. The highest BCUT2D eigenvalue weighted by Gasteiger charge is 2.07. The van der Waals surface area contributed by atoms with E-state index < -0.39 is 5.91 Å². The molecule has 122 valence electrons. The summed E-state index contributed by atoms with van der Waals surface area (Å²) in [4.78, 5) is 15.0. The van der Waals surface area contributed by atoms with Gasteiger partial charge in [0.05, 0.1) is 6.54 Å². The van der Waals surface area contributed by atoms with E-state index in [1.165, 1.54) is 12.1 Å². The smallest absolute Gasteiger partial charge is 0.284 e. The zero-order chi connectivity index (χ0) is 16.8. The number of primary amides is 1. The van der Waals surface area contributed by atoms with Gasteiger partial charge in [0.15, 0.2) is 11.7 Å². The number of nitrogens with two attached hydrogens (primary N) is 1. The van der Waals surface area contributed by atoms with Gasteiger partial charge in [-0.25, -0.2) is 4.39 Å². The van der Waals surface area contributed by atoms with Crippen LogP contribution in [0.3, 0.4) is 0 Å². The number of carbonyl (C=O) groups excluding carboxylic acids is 1. The third kappa shape index (κ3) is 4.57. The fourth-order valence-electron chi connectivity index (χ4n) is 1.93. The van der Waals surface area contributed by atoms with Gasteiger partial charge in [0, 0.05) is 13.6 Å². The first-order chi connectivity index (χ1) is 11.0. The Balaban J connectivity index is 1.87. The second-order valence-electron chi connectivity index (χ2n) is 4.99. The van der Waals surface area contributed by atoms with Crippen LogP contribution >= 0.6 is 0 Å². The Morgan fingerprint density at radius 3 is 2.61 bits per heavy atom. The lowest BCUT2D eigenvalue weighted by Gasteiger charge is -2.11. The Morgan fingerprint density at radius 2 is 2.00 bits per heavy atom. The third-order valence-corrected chi connectivity index (χ3v) is 3.25. The predicted molar refractivity (Wildman–Crippen MR) is 85.4 cm³/mol. The van der Waals surface area contributed by atoms with Crippen LogP contribution in [0.25, 0.3) is 0 Å². The molecular formula is C16H19FN4O2. The SMILES string of the molecule is CN=C(NCc1ccc(C)c(F)c1)NCc1ccc(C(N)=O)o1. The van der Waals surface area contributed by atoms with Crippen molar-refractivity contribution in [2.75, 3.05) is 7.05 Å². The number of aliphatic imine (C=N–C) groups is 1. The number of nitrogens with zero attached hydrogens (tertiary/aromatic N) is 1. The molecule has 7 heteroatoms. The average molecular weight is 318 g/mol. The number of guanidine groups is 1. The van der Waals surface area contributed by atoms with E-state index in [0.29, 0.717) is 30.4 Å². The molecule has 0 saturated heterocycles. The Morgan fingerprint density at radius 1 is 1.26 bits per heavy atom. The van der Waals surface area contributed by atoms with E-state index in [0.717, 1.165) is 5.56 Å². The van der Waals surface area contributed by atoms with Crippen molar-refractivity contribution in [1.29, 1.82) is 0 Å². The molecule has 0 atom stereocenters. The number of furan rings is 1. The highest BCUT2D eigenvalue weighted by atomic mass is 19.1. The summed E-state index contributed by atoms with van der Waals surface area (Å²) in [5.74, 6) is 0.355. The second kappa shape index (κ2) is 7.44. The lowest BCUT2D eigenvalue weighted by molar-refractivity contribution is 0.0972. The first-order valence-corrected chi connectivity index (χ1v) is 7.07. The minimum atomic E-state index is -0.611. The van der Waals surface area contributed by atoms with Crippen molar-refractivity contribution < 1.29 is 13.6 Å². The molecule has 6 nitrogen and oxygen atoms in total. The van der Waals surface area contributed by atoms with Crippen molar-refractivity contribution in [3.05, 3.63) is 58.8 Å². The molecule has 0 aliphatic carbocycles. The molecule has 0 saturated carbocycles. The summed E-state index contributed by atoms with van der Waals surface area (Å²) < 4.78 is 18.8. The summed E-state index contributed by atoms with van der Waals surface area (Å²) in [5, 5.41) is 6.10. The Hall–Kier alpha value is -2.83. The van der Waals surface area contributed by atoms with Crippen LogP contribution in [0, 0.1) is 12.7 Å². The first kappa shape index (κ1) is 16.5. The number of hydrogen-bond acceptors (Lipinski definition) is 3. The highest BCUT2D eigenvalue weighted by molar-refractivity contribution is 5.89. The van der Waals surface area contributed by atoms with E-state index in [-0.39, 0.29) is 11.6 Å². The number of aryl methyl sites for hydroxylation is 1. The van der Waals surface area contributed by atoms with E-state index in [1.54, 1.807) is 26.1 Å². The van der Waals surface area contributed by atoms with Gasteiger partial charge in [-0.05, 0) is 36.2 Å². The molecule has 1 amide bonds.